The zero-order valence-corrected chi connectivity index (χ0v) is 9.91. The van der Waals surface area contributed by atoms with E-state index < -0.39 is 45.8 Å². The average molecular weight is 267 g/mol. The molecule has 2 nitrogen and oxygen atoms in total. The highest BCUT2D eigenvalue weighted by molar-refractivity contribution is 6.30. The summed E-state index contributed by atoms with van der Waals surface area (Å²) in [5, 5.41) is 8.28. The van der Waals surface area contributed by atoms with E-state index in [1.165, 1.54) is 13.8 Å². The quantitative estimate of drug-likeness (QED) is 0.851. The lowest BCUT2D eigenvalue weighted by molar-refractivity contribution is -0.146. The fraction of sp³-hybridized carbons (Fsp3) is 0.364. The molecular formula is C11H10ClF3O2. The number of hydrogen-bond donors (Lipinski definition) is 1. The third-order valence-corrected chi connectivity index (χ3v) is 2.68. The smallest absolute Gasteiger partial charge is 0.309 e. The van der Waals surface area contributed by atoms with Crippen molar-refractivity contribution >= 4 is 17.6 Å². The van der Waals surface area contributed by atoms with Gasteiger partial charge in [0.2, 0.25) is 0 Å². The van der Waals surface area contributed by atoms with Gasteiger partial charge in [0.1, 0.15) is 5.82 Å². The molecule has 0 saturated heterocycles. The summed E-state index contributed by atoms with van der Waals surface area (Å²) in [4.78, 5) is 10.8. The Labute approximate surface area is 101 Å². The van der Waals surface area contributed by atoms with Crippen molar-refractivity contribution in [3.63, 3.8) is 0 Å². The lowest BCUT2D eigenvalue weighted by Gasteiger charge is -2.20. The van der Waals surface area contributed by atoms with Crippen molar-refractivity contribution in [2.75, 3.05) is 0 Å². The second-order valence-electron chi connectivity index (χ2n) is 4.31. The Kier molecular flexibility index (Phi) is 3.71. The third kappa shape index (κ3) is 2.72. The number of carboxylic acid groups (broad SMARTS) is 1. The van der Waals surface area contributed by atoms with Gasteiger partial charge < -0.3 is 5.11 Å². The molecule has 0 aliphatic heterocycles. The predicted octanol–water partition coefficient (Wildman–Crippen LogP) is 3.41. The molecule has 0 amide bonds. The van der Waals surface area contributed by atoms with Crippen molar-refractivity contribution in [3.8, 4) is 0 Å². The predicted molar refractivity (Wildman–Crippen MR) is 56.4 cm³/mol. The van der Waals surface area contributed by atoms with E-state index in [-0.39, 0.29) is 0 Å². The van der Waals surface area contributed by atoms with Crippen molar-refractivity contribution < 1.29 is 23.1 Å². The molecule has 0 unspecified atom stereocenters. The zero-order chi connectivity index (χ0) is 13.4. The molecule has 0 aromatic heterocycles. The maximum Gasteiger partial charge on any atom is 0.309 e. The topological polar surface area (TPSA) is 37.3 Å². The van der Waals surface area contributed by atoms with Crippen molar-refractivity contribution in [2.24, 2.45) is 5.41 Å². The Morgan fingerprint density at radius 3 is 2.35 bits per heavy atom. The number of aliphatic carboxylic acids is 1. The van der Waals surface area contributed by atoms with Crippen LogP contribution in [0.3, 0.4) is 0 Å². The van der Waals surface area contributed by atoms with Crippen molar-refractivity contribution in [1.29, 1.82) is 0 Å². The number of benzene rings is 1. The minimum Gasteiger partial charge on any atom is -0.481 e. The van der Waals surface area contributed by atoms with Gasteiger partial charge in [0, 0.05) is 5.56 Å². The van der Waals surface area contributed by atoms with Crippen LogP contribution in [-0.4, -0.2) is 11.1 Å². The first-order chi connectivity index (χ1) is 7.66. The minimum absolute atomic E-state index is 0.489. The summed E-state index contributed by atoms with van der Waals surface area (Å²) in [6.45, 7) is 2.57. The largest absolute Gasteiger partial charge is 0.481 e. The second kappa shape index (κ2) is 4.56. The molecule has 1 aromatic rings. The van der Waals surface area contributed by atoms with Crippen LogP contribution >= 0.6 is 11.6 Å². The Morgan fingerprint density at radius 2 is 1.88 bits per heavy atom. The normalized spacial score (nSPS) is 11.6. The first-order valence-electron chi connectivity index (χ1n) is 4.72. The minimum atomic E-state index is -1.42. The van der Waals surface area contributed by atoms with Gasteiger partial charge in [-0.3, -0.25) is 4.79 Å². The van der Waals surface area contributed by atoms with E-state index in [9.17, 15) is 18.0 Å². The summed E-state index contributed by atoms with van der Waals surface area (Å²) in [6, 6.07) is 0.517. The van der Waals surface area contributed by atoms with Crippen LogP contribution in [0.4, 0.5) is 13.2 Å². The standard InChI is InChI=1S/C11H10ClF3O2/c1-11(2,10(16)17)4-5-8(14)6(12)3-7(13)9(5)15/h3H,4H2,1-2H3,(H,16,17). The second-order valence-corrected chi connectivity index (χ2v) is 4.72. The fourth-order valence-corrected chi connectivity index (χ4v) is 1.51. The number of halogens is 4. The van der Waals surface area contributed by atoms with Gasteiger partial charge in [0.25, 0.3) is 0 Å². The summed E-state index contributed by atoms with van der Waals surface area (Å²) in [5.41, 5.74) is -2.07. The number of rotatable bonds is 3. The molecule has 1 aromatic carbocycles. The average Bonchev–Trinajstić information content (AvgIpc) is 2.21. The lowest BCUT2D eigenvalue weighted by atomic mass is 9.85. The Balaban J connectivity index is 3.28. The first kappa shape index (κ1) is 13.8. The first-order valence-corrected chi connectivity index (χ1v) is 5.10. The molecule has 1 rings (SSSR count). The highest BCUT2D eigenvalue weighted by atomic mass is 35.5. The van der Waals surface area contributed by atoms with Gasteiger partial charge in [0.05, 0.1) is 10.4 Å². The molecule has 94 valence electrons. The van der Waals surface area contributed by atoms with E-state index in [1.807, 2.05) is 0 Å². The van der Waals surface area contributed by atoms with Gasteiger partial charge in [-0.15, -0.1) is 0 Å². The van der Waals surface area contributed by atoms with Gasteiger partial charge in [-0.2, -0.15) is 0 Å². The van der Waals surface area contributed by atoms with Gasteiger partial charge in [-0.1, -0.05) is 11.6 Å². The summed E-state index contributed by atoms with van der Waals surface area (Å²) in [7, 11) is 0. The van der Waals surface area contributed by atoms with Crippen LogP contribution in [0.5, 0.6) is 0 Å². The summed E-state index contributed by atoms with van der Waals surface area (Å²) < 4.78 is 39.9. The van der Waals surface area contributed by atoms with Crippen LogP contribution in [0.15, 0.2) is 6.07 Å². The van der Waals surface area contributed by atoms with E-state index in [4.69, 9.17) is 16.7 Å². The van der Waals surface area contributed by atoms with Crippen LogP contribution in [0.2, 0.25) is 5.02 Å². The molecule has 6 heteroatoms. The highest BCUT2D eigenvalue weighted by Gasteiger charge is 2.31. The maximum absolute atomic E-state index is 13.5. The SMILES string of the molecule is CC(C)(Cc1c(F)c(F)cc(Cl)c1F)C(=O)O. The van der Waals surface area contributed by atoms with E-state index >= 15 is 0 Å². The Bertz CT molecular complexity index is 446. The number of hydrogen-bond acceptors (Lipinski definition) is 1. The van der Waals surface area contributed by atoms with Crippen molar-refractivity contribution in [1.82, 2.24) is 0 Å². The van der Waals surface area contributed by atoms with Crippen LogP contribution in [-0.2, 0) is 11.2 Å². The molecule has 17 heavy (non-hydrogen) atoms. The van der Waals surface area contributed by atoms with Gasteiger partial charge in [-0.05, 0) is 26.3 Å². The van der Waals surface area contributed by atoms with Crippen molar-refractivity contribution in [2.45, 2.75) is 20.3 Å². The molecular weight excluding hydrogens is 257 g/mol. The Morgan fingerprint density at radius 1 is 1.35 bits per heavy atom. The molecule has 0 heterocycles. The van der Waals surface area contributed by atoms with Crippen LogP contribution < -0.4 is 0 Å². The van der Waals surface area contributed by atoms with Gasteiger partial charge >= 0.3 is 5.97 Å². The molecule has 1 N–H and O–H groups in total. The molecule has 0 aliphatic carbocycles. The number of carboxylic acids is 1. The van der Waals surface area contributed by atoms with Crippen LogP contribution in [0.25, 0.3) is 0 Å². The zero-order valence-electron chi connectivity index (χ0n) is 9.15. The van der Waals surface area contributed by atoms with E-state index in [0.29, 0.717) is 6.07 Å². The van der Waals surface area contributed by atoms with Crippen LogP contribution in [0, 0.1) is 22.9 Å². The molecule has 0 aliphatic rings. The lowest BCUT2D eigenvalue weighted by Crippen LogP contribution is -2.27. The summed E-state index contributed by atoms with van der Waals surface area (Å²) in [5.74, 6) is -5.06. The molecule has 0 atom stereocenters. The molecule has 0 spiro atoms. The fourth-order valence-electron chi connectivity index (χ4n) is 1.30. The third-order valence-electron chi connectivity index (χ3n) is 2.40. The summed E-state index contributed by atoms with van der Waals surface area (Å²) >= 11 is 5.37. The maximum atomic E-state index is 13.5. The van der Waals surface area contributed by atoms with Crippen molar-refractivity contribution in [3.05, 3.63) is 34.1 Å². The van der Waals surface area contributed by atoms with Crippen LogP contribution in [0.1, 0.15) is 19.4 Å². The molecule has 0 bridgehead atoms. The molecule has 0 fully saturated rings. The number of carbonyl (C=O) groups is 1. The monoisotopic (exact) mass is 266 g/mol. The molecule has 0 radical (unpaired) electrons. The van der Waals surface area contributed by atoms with Gasteiger partial charge in [0.15, 0.2) is 11.6 Å². The Hall–Kier alpha value is -1.23. The summed E-state index contributed by atoms with van der Waals surface area (Å²) in [6.07, 6.45) is -0.489. The highest BCUT2D eigenvalue weighted by Crippen LogP contribution is 2.30. The van der Waals surface area contributed by atoms with E-state index in [1.54, 1.807) is 0 Å². The van der Waals surface area contributed by atoms with E-state index in [2.05, 4.69) is 0 Å². The van der Waals surface area contributed by atoms with E-state index in [0.717, 1.165) is 0 Å². The molecule has 0 saturated carbocycles. The van der Waals surface area contributed by atoms with Gasteiger partial charge in [-0.25, -0.2) is 13.2 Å².